The van der Waals surface area contributed by atoms with E-state index in [1.807, 2.05) is 0 Å². The minimum atomic E-state index is 0. The fourth-order valence-corrected chi connectivity index (χ4v) is 0. The predicted molar refractivity (Wildman–Crippen MR) is 50.1 cm³/mol. The van der Waals surface area contributed by atoms with Crippen molar-refractivity contribution in [2.75, 3.05) is 0 Å². The molecule has 11 heteroatoms. The van der Waals surface area contributed by atoms with Crippen molar-refractivity contribution in [1.82, 2.24) is 0 Å². The SMILES string of the molecule is O.O.O.O.O.O.O.O.O.S.[KH]. The summed E-state index contributed by atoms with van der Waals surface area (Å²) in [7, 11) is 0. The molecule has 0 heterocycles. The quantitative estimate of drug-likeness (QED) is 0.354. The Labute approximate surface area is 113 Å². The van der Waals surface area contributed by atoms with Crippen LogP contribution in [-0.2, 0) is 0 Å². The van der Waals surface area contributed by atoms with Gasteiger partial charge in [-0.2, -0.15) is 13.5 Å². The van der Waals surface area contributed by atoms with E-state index in [9.17, 15) is 0 Å². The molecule has 0 saturated heterocycles. The first-order valence-electron chi connectivity index (χ1n) is 0. The molecule has 0 amide bonds. The van der Waals surface area contributed by atoms with Crippen LogP contribution in [0.25, 0.3) is 0 Å². The Morgan fingerprint density at radius 1 is 0.273 bits per heavy atom. The molecule has 0 aliphatic carbocycles. The summed E-state index contributed by atoms with van der Waals surface area (Å²) in [6.07, 6.45) is 0. The van der Waals surface area contributed by atoms with Crippen molar-refractivity contribution >= 4 is 64.9 Å². The summed E-state index contributed by atoms with van der Waals surface area (Å²) in [5, 5.41) is 0. The maximum atomic E-state index is 0. The molecular weight excluding hydrogens is 215 g/mol. The van der Waals surface area contributed by atoms with Crippen molar-refractivity contribution in [3.05, 3.63) is 0 Å². The Hall–Kier alpha value is 1.63. The van der Waals surface area contributed by atoms with Crippen molar-refractivity contribution in [3.63, 3.8) is 0 Å². The van der Waals surface area contributed by atoms with Crippen LogP contribution in [0.5, 0.6) is 0 Å². The first kappa shape index (κ1) is 645. The third-order valence-corrected chi connectivity index (χ3v) is 0. The van der Waals surface area contributed by atoms with Crippen LogP contribution in [0.2, 0.25) is 0 Å². The maximum absolute atomic E-state index is 0. The Kier molecular flexibility index (Phi) is 29100. The van der Waals surface area contributed by atoms with Gasteiger partial charge in [-0.15, -0.1) is 0 Å². The van der Waals surface area contributed by atoms with Gasteiger partial charge in [0.05, 0.1) is 0 Å². The Morgan fingerprint density at radius 2 is 0.273 bits per heavy atom. The van der Waals surface area contributed by atoms with E-state index < -0.39 is 0 Å². The van der Waals surface area contributed by atoms with Gasteiger partial charge in [-0.25, -0.2) is 0 Å². The number of hydrogen-bond donors (Lipinski definition) is 0. The molecule has 0 aliphatic heterocycles. The molecular formula is H21KO9S. The molecule has 0 atom stereocenters. The van der Waals surface area contributed by atoms with Crippen LogP contribution >= 0.6 is 13.5 Å². The summed E-state index contributed by atoms with van der Waals surface area (Å²) >= 11 is 0. The Bertz CT molecular complexity index is 9.52. The van der Waals surface area contributed by atoms with Crippen LogP contribution in [0.3, 0.4) is 0 Å². The van der Waals surface area contributed by atoms with Gasteiger partial charge in [0.15, 0.2) is 0 Å². The van der Waals surface area contributed by atoms with Crippen LogP contribution in [-0.4, -0.2) is 101 Å². The normalized spacial score (nSPS) is 0. The van der Waals surface area contributed by atoms with Gasteiger partial charge >= 0.3 is 51.4 Å². The van der Waals surface area contributed by atoms with Crippen LogP contribution in [0, 0.1) is 0 Å². The van der Waals surface area contributed by atoms with Crippen molar-refractivity contribution in [1.29, 1.82) is 0 Å². The molecule has 0 rings (SSSR count). The second-order valence-electron chi connectivity index (χ2n) is 0. The first-order chi connectivity index (χ1) is 0. The predicted octanol–water partition coefficient (Wildman–Crippen LogP) is -7.96. The fraction of sp³-hybridized carbons (Fsp3) is 0. The topological polar surface area (TPSA) is 284 Å². The fourth-order valence-electron chi connectivity index (χ4n) is 0. The summed E-state index contributed by atoms with van der Waals surface area (Å²) < 4.78 is 0. The van der Waals surface area contributed by atoms with Crippen molar-refractivity contribution in [2.45, 2.75) is 0 Å². The molecule has 9 nitrogen and oxygen atoms in total. The van der Waals surface area contributed by atoms with Gasteiger partial charge in [0.25, 0.3) is 0 Å². The van der Waals surface area contributed by atoms with Crippen LogP contribution in [0.15, 0.2) is 0 Å². The molecule has 0 aromatic carbocycles. The van der Waals surface area contributed by atoms with Gasteiger partial charge in [0, 0.05) is 0 Å². The van der Waals surface area contributed by atoms with Gasteiger partial charge in [0.1, 0.15) is 0 Å². The van der Waals surface area contributed by atoms with E-state index in [2.05, 4.69) is 0 Å². The van der Waals surface area contributed by atoms with Crippen molar-refractivity contribution in [3.8, 4) is 0 Å². The number of hydrogen-bond acceptors (Lipinski definition) is 0. The third-order valence-electron chi connectivity index (χ3n) is 0. The molecule has 0 bridgehead atoms. The molecule has 11 heavy (non-hydrogen) atoms. The van der Waals surface area contributed by atoms with E-state index in [-0.39, 0.29) is 114 Å². The second kappa shape index (κ2) is 496. The van der Waals surface area contributed by atoms with E-state index in [0.29, 0.717) is 0 Å². The zero-order chi connectivity index (χ0) is 0. The van der Waals surface area contributed by atoms with Crippen molar-refractivity contribution < 1.29 is 49.3 Å². The molecule has 0 radical (unpaired) electrons. The monoisotopic (exact) mass is 236 g/mol. The van der Waals surface area contributed by atoms with E-state index in [4.69, 9.17) is 0 Å². The molecule has 18 N–H and O–H groups in total. The molecule has 0 aromatic rings. The summed E-state index contributed by atoms with van der Waals surface area (Å²) in [5.74, 6) is 0. The molecule has 0 saturated carbocycles. The molecule has 0 fully saturated rings. The molecule has 0 aliphatic rings. The zero-order valence-electron chi connectivity index (χ0n) is 5.00. The average molecular weight is 236 g/mol. The van der Waals surface area contributed by atoms with Crippen LogP contribution in [0.1, 0.15) is 0 Å². The Morgan fingerprint density at radius 3 is 0.273 bits per heavy atom. The molecule has 82 valence electrons. The summed E-state index contributed by atoms with van der Waals surface area (Å²) in [6.45, 7) is 0. The van der Waals surface area contributed by atoms with Crippen molar-refractivity contribution in [2.24, 2.45) is 0 Å². The average Bonchev–Trinajstić information content (AvgIpc) is 0. The Balaban J connectivity index is 0. The van der Waals surface area contributed by atoms with E-state index in [1.54, 1.807) is 0 Å². The molecule has 0 unspecified atom stereocenters. The number of rotatable bonds is 0. The van der Waals surface area contributed by atoms with E-state index >= 15 is 0 Å². The van der Waals surface area contributed by atoms with Crippen LogP contribution in [0.4, 0.5) is 0 Å². The van der Waals surface area contributed by atoms with E-state index in [1.165, 1.54) is 0 Å². The molecule has 0 aromatic heterocycles. The third kappa shape index (κ3) is 407. The van der Waals surface area contributed by atoms with Crippen LogP contribution < -0.4 is 0 Å². The zero-order valence-corrected chi connectivity index (χ0v) is 6.00. The standard InChI is InChI=1S/K.9H2O.H2S.H/h;10*1H2;. The summed E-state index contributed by atoms with van der Waals surface area (Å²) in [6, 6.07) is 0. The summed E-state index contributed by atoms with van der Waals surface area (Å²) in [5.41, 5.74) is 0. The van der Waals surface area contributed by atoms with Gasteiger partial charge < -0.3 is 49.3 Å². The molecule has 0 spiro atoms. The minimum absolute atomic E-state index is 0. The van der Waals surface area contributed by atoms with E-state index in [0.717, 1.165) is 0 Å². The summed E-state index contributed by atoms with van der Waals surface area (Å²) in [4.78, 5) is 0. The van der Waals surface area contributed by atoms with Gasteiger partial charge in [-0.05, 0) is 0 Å². The second-order valence-corrected chi connectivity index (χ2v) is 0. The van der Waals surface area contributed by atoms with Gasteiger partial charge in [-0.3, -0.25) is 0 Å². The van der Waals surface area contributed by atoms with Gasteiger partial charge in [-0.1, -0.05) is 0 Å². The van der Waals surface area contributed by atoms with Gasteiger partial charge in [0.2, 0.25) is 0 Å². The first-order valence-corrected chi connectivity index (χ1v) is 0.